The number of likely N-dealkylation sites (tertiary alicyclic amines) is 1. The van der Waals surface area contributed by atoms with Crippen molar-refractivity contribution in [2.24, 2.45) is 0 Å². The number of rotatable bonds is 1. The van der Waals surface area contributed by atoms with E-state index in [4.69, 9.17) is 5.73 Å². The lowest BCUT2D eigenvalue weighted by atomic mass is 9.94. The number of aliphatic hydroxyl groups is 1. The Bertz CT molecular complexity index is 518. The zero-order valence-electron chi connectivity index (χ0n) is 10.6. The summed E-state index contributed by atoms with van der Waals surface area (Å²) in [6.07, 6.45) is 1.22. The number of carbonyl (C=O) groups excluding carboxylic acids is 1. The molecule has 1 saturated heterocycles. The predicted octanol–water partition coefficient (Wildman–Crippen LogP) is 1.53. The molecule has 2 rings (SSSR count). The average Bonchev–Trinajstić information content (AvgIpc) is 2.31. The second-order valence-electron chi connectivity index (χ2n) is 5.18. The maximum Gasteiger partial charge on any atom is 0.257 e. The van der Waals surface area contributed by atoms with Crippen LogP contribution in [0.4, 0.5) is 14.5 Å². The van der Waals surface area contributed by atoms with Gasteiger partial charge in [0.2, 0.25) is 0 Å². The largest absolute Gasteiger partial charge is 0.396 e. The van der Waals surface area contributed by atoms with Crippen LogP contribution in [0.15, 0.2) is 12.1 Å². The Labute approximate surface area is 109 Å². The fourth-order valence-corrected chi connectivity index (χ4v) is 2.29. The van der Waals surface area contributed by atoms with Gasteiger partial charge < -0.3 is 15.7 Å². The topological polar surface area (TPSA) is 66.6 Å². The van der Waals surface area contributed by atoms with E-state index in [1.165, 1.54) is 4.90 Å². The summed E-state index contributed by atoms with van der Waals surface area (Å²) in [5.41, 5.74) is 3.84. The molecule has 1 atom stereocenters. The maximum absolute atomic E-state index is 13.6. The van der Waals surface area contributed by atoms with E-state index in [0.717, 1.165) is 6.07 Å². The molecule has 3 N–H and O–H groups in total. The summed E-state index contributed by atoms with van der Waals surface area (Å²) in [6.45, 7) is 2.19. The molecule has 1 aliphatic rings. The van der Waals surface area contributed by atoms with Gasteiger partial charge in [-0.25, -0.2) is 8.78 Å². The lowest BCUT2D eigenvalue weighted by Gasteiger charge is -2.36. The second-order valence-corrected chi connectivity index (χ2v) is 5.18. The van der Waals surface area contributed by atoms with Gasteiger partial charge in [0.05, 0.1) is 16.9 Å². The summed E-state index contributed by atoms with van der Waals surface area (Å²) >= 11 is 0. The molecule has 104 valence electrons. The van der Waals surface area contributed by atoms with Gasteiger partial charge >= 0.3 is 0 Å². The number of nitrogens with two attached hydrogens (primary N) is 1. The highest BCUT2D eigenvalue weighted by atomic mass is 19.1. The number of nitrogens with zero attached hydrogens (tertiary/aromatic N) is 1. The van der Waals surface area contributed by atoms with Crippen LogP contribution in [0.25, 0.3) is 0 Å². The van der Waals surface area contributed by atoms with E-state index in [-0.39, 0.29) is 17.8 Å². The minimum Gasteiger partial charge on any atom is -0.396 e. The molecule has 6 heteroatoms. The molecular weight excluding hydrogens is 254 g/mol. The number of benzene rings is 1. The number of nitrogen functional groups attached to an aromatic ring is 1. The maximum atomic E-state index is 13.6. The average molecular weight is 270 g/mol. The molecule has 0 aromatic heterocycles. The minimum absolute atomic E-state index is 0.128. The van der Waals surface area contributed by atoms with Crippen LogP contribution in [0, 0.1) is 11.6 Å². The standard InChI is InChI=1S/C13H16F2N2O2/c1-13(19)3-2-4-17(7-13)12(18)8-5-11(16)10(15)6-9(8)14/h5-6,19H,2-4,7,16H2,1H3. The third kappa shape index (κ3) is 2.84. The number of halogens is 2. The van der Waals surface area contributed by atoms with E-state index in [1.54, 1.807) is 6.92 Å². The van der Waals surface area contributed by atoms with Crippen LogP contribution in [0.3, 0.4) is 0 Å². The van der Waals surface area contributed by atoms with Gasteiger partial charge in [-0.1, -0.05) is 0 Å². The van der Waals surface area contributed by atoms with E-state index in [0.29, 0.717) is 25.5 Å². The number of carbonyl (C=O) groups is 1. The van der Waals surface area contributed by atoms with Crippen molar-refractivity contribution in [3.8, 4) is 0 Å². The third-order valence-corrected chi connectivity index (χ3v) is 3.28. The van der Waals surface area contributed by atoms with Crippen molar-refractivity contribution in [3.63, 3.8) is 0 Å². The summed E-state index contributed by atoms with van der Waals surface area (Å²) < 4.78 is 26.7. The van der Waals surface area contributed by atoms with Gasteiger partial charge in [-0.2, -0.15) is 0 Å². The third-order valence-electron chi connectivity index (χ3n) is 3.28. The van der Waals surface area contributed by atoms with E-state index in [1.807, 2.05) is 0 Å². The molecule has 1 aliphatic heterocycles. The summed E-state index contributed by atoms with van der Waals surface area (Å²) in [4.78, 5) is 13.5. The smallest absolute Gasteiger partial charge is 0.257 e. The molecular formula is C13H16F2N2O2. The molecule has 1 aromatic rings. The number of anilines is 1. The summed E-state index contributed by atoms with van der Waals surface area (Å²) in [5.74, 6) is -2.41. The van der Waals surface area contributed by atoms with E-state index in [2.05, 4.69) is 0 Å². The van der Waals surface area contributed by atoms with Gasteiger partial charge in [0, 0.05) is 19.2 Å². The Kier molecular flexibility index (Phi) is 3.45. The first-order valence-electron chi connectivity index (χ1n) is 6.06. The van der Waals surface area contributed by atoms with Crippen LogP contribution in [0.2, 0.25) is 0 Å². The number of hydrogen-bond donors (Lipinski definition) is 2. The van der Waals surface area contributed by atoms with Crippen molar-refractivity contribution in [1.82, 2.24) is 4.90 Å². The molecule has 0 radical (unpaired) electrons. The summed E-state index contributed by atoms with van der Waals surface area (Å²) in [5, 5.41) is 9.94. The predicted molar refractivity (Wildman–Crippen MR) is 66.5 cm³/mol. The van der Waals surface area contributed by atoms with Crippen molar-refractivity contribution in [3.05, 3.63) is 29.3 Å². The molecule has 19 heavy (non-hydrogen) atoms. The van der Waals surface area contributed by atoms with Crippen molar-refractivity contribution in [1.29, 1.82) is 0 Å². The minimum atomic E-state index is -0.976. The first kappa shape index (κ1) is 13.7. The van der Waals surface area contributed by atoms with Gasteiger partial charge in [0.25, 0.3) is 5.91 Å². The summed E-state index contributed by atoms with van der Waals surface area (Å²) in [6, 6.07) is 1.60. The van der Waals surface area contributed by atoms with Crippen LogP contribution in [0.1, 0.15) is 30.1 Å². The quantitative estimate of drug-likeness (QED) is 0.761. The van der Waals surface area contributed by atoms with Crippen molar-refractivity contribution in [2.75, 3.05) is 18.8 Å². The van der Waals surface area contributed by atoms with Crippen molar-refractivity contribution in [2.45, 2.75) is 25.4 Å². The Hall–Kier alpha value is -1.69. The Morgan fingerprint density at radius 2 is 2.11 bits per heavy atom. The first-order valence-corrected chi connectivity index (χ1v) is 6.06. The lowest BCUT2D eigenvalue weighted by molar-refractivity contribution is -0.0109. The second kappa shape index (κ2) is 4.77. The fraction of sp³-hybridized carbons (Fsp3) is 0.462. The zero-order valence-corrected chi connectivity index (χ0v) is 10.6. The van der Waals surface area contributed by atoms with Crippen LogP contribution in [0.5, 0.6) is 0 Å². The van der Waals surface area contributed by atoms with Gasteiger partial charge in [-0.3, -0.25) is 4.79 Å². The van der Waals surface area contributed by atoms with Crippen LogP contribution < -0.4 is 5.73 Å². The number of piperidine rings is 1. The molecule has 1 heterocycles. The van der Waals surface area contributed by atoms with Crippen LogP contribution >= 0.6 is 0 Å². The van der Waals surface area contributed by atoms with Gasteiger partial charge in [-0.15, -0.1) is 0 Å². The Balaban J connectivity index is 2.27. The first-order chi connectivity index (χ1) is 8.80. The van der Waals surface area contributed by atoms with E-state index < -0.39 is 23.1 Å². The van der Waals surface area contributed by atoms with Crippen LogP contribution in [-0.4, -0.2) is 34.6 Å². The van der Waals surface area contributed by atoms with Gasteiger partial charge in [-0.05, 0) is 25.8 Å². The Morgan fingerprint density at radius 1 is 1.42 bits per heavy atom. The molecule has 1 fully saturated rings. The normalized spacial score (nSPS) is 23.5. The molecule has 0 bridgehead atoms. The highest BCUT2D eigenvalue weighted by molar-refractivity contribution is 5.95. The lowest BCUT2D eigenvalue weighted by Crippen LogP contribution is -2.48. The van der Waals surface area contributed by atoms with E-state index >= 15 is 0 Å². The molecule has 4 nitrogen and oxygen atoms in total. The summed E-state index contributed by atoms with van der Waals surface area (Å²) in [7, 11) is 0. The number of β-amino-alcohol motifs (C(OH)–C–C–N with tert-alkyl or cyclic N) is 1. The van der Waals surface area contributed by atoms with Crippen molar-refractivity contribution >= 4 is 11.6 Å². The van der Waals surface area contributed by atoms with E-state index in [9.17, 15) is 18.7 Å². The molecule has 1 unspecified atom stereocenters. The highest BCUT2D eigenvalue weighted by Crippen LogP contribution is 2.24. The molecule has 0 aliphatic carbocycles. The number of hydrogen-bond acceptors (Lipinski definition) is 3. The molecule has 0 spiro atoms. The fourth-order valence-electron chi connectivity index (χ4n) is 2.29. The molecule has 1 aromatic carbocycles. The van der Waals surface area contributed by atoms with Gasteiger partial charge in [0.15, 0.2) is 0 Å². The van der Waals surface area contributed by atoms with Gasteiger partial charge in [0.1, 0.15) is 11.6 Å². The number of amides is 1. The van der Waals surface area contributed by atoms with Crippen LogP contribution in [-0.2, 0) is 0 Å². The monoisotopic (exact) mass is 270 g/mol. The molecule has 1 amide bonds. The Morgan fingerprint density at radius 3 is 2.74 bits per heavy atom. The molecule has 0 saturated carbocycles. The highest BCUT2D eigenvalue weighted by Gasteiger charge is 2.32. The SMILES string of the molecule is CC1(O)CCCN(C(=O)c2cc(N)c(F)cc2F)C1. The zero-order chi connectivity index (χ0) is 14.2. The van der Waals surface area contributed by atoms with Crippen molar-refractivity contribution < 1.29 is 18.7 Å².